The van der Waals surface area contributed by atoms with E-state index >= 15 is 0 Å². The lowest BCUT2D eigenvalue weighted by Crippen LogP contribution is -2.43. The van der Waals surface area contributed by atoms with E-state index in [2.05, 4.69) is 0 Å². The summed E-state index contributed by atoms with van der Waals surface area (Å²) in [6.07, 6.45) is 4.79. The molecule has 0 aromatic rings. The van der Waals surface area contributed by atoms with Gasteiger partial charge in [0.05, 0.1) is 11.8 Å². The first-order chi connectivity index (χ1) is 7.56. The molecule has 4 heteroatoms. The van der Waals surface area contributed by atoms with Gasteiger partial charge in [0.25, 0.3) is 0 Å². The maximum Gasteiger partial charge on any atom is 0.307 e. The zero-order valence-corrected chi connectivity index (χ0v) is 9.06. The van der Waals surface area contributed by atoms with Gasteiger partial charge in [-0.15, -0.1) is 0 Å². The second-order valence-corrected chi connectivity index (χ2v) is 5.66. The minimum absolute atomic E-state index is 0.129. The highest BCUT2D eigenvalue weighted by molar-refractivity contribution is 5.81. The van der Waals surface area contributed by atoms with Crippen molar-refractivity contribution < 1.29 is 19.8 Å². The molecule has 3 fully saturated rings. The van der Waals surface area contributed by atoms with Gasteiger partial charge in [0.2, 0.25) is 0 Å². The van der Waals surface area contributed by atoms with Crippen LogP contribution in [0.5, 0.6) is 0 Å². The highest BCUT2D eigenvalue weighted by Crippen LogP contribution is 2.71. The number of aliphatic carboxylic acids is 2. The van der Waals surface area contributed by atoms with Crippen molar-refractivity contribution in [2.75, 3.05) is 0 Å². The van der Waals surface area contributed by atoms with Crippen molar-refractivity contribution in [3.8, 4) is 0 Å². The SMILES string of the molecule is O=C(O)[C@H]1[C@H](C(=O)O)C[C@H]2CC[C@@H]1C21CC1. The molecule has 0 aliphatic heterocycles. The summed E-state index contributed by atoms with van der Waals surface area (Å²) in [5.41, 5.74) is 0.231. The third kappa shape index (κ3) is 1.10. The fraction of sp³-hybridized carbons (Fsp3) is 0.833. The molecular weight excluding hydrogens is 208 g/mol. The van der Waals surface area contributed by atoms with Crippen LogP contribution in [-0.4, -0.2) is 22.2 Å². The molecule has 0 radical (unpaired) electrons. The van der Waals surface area contributed by atoms with E-state index in [1.165, 1.54) is 0 Å². The first kappa shape index (κ1) is 10.1. The molecule has 4 nitrogen and oxygen atoms in total. The Hall–Kier alpha value is -1.06. The molecule has 0 unspecified atom stereocenters. The molecule has 0 amide bonds. The van der Waals surface area contributed by atoms with E-state index < -0.39 is 23.8 Å². The molecule has 0 aromatic carbocycles. The average Bonchev–Trinajstić information content (AvgIpc) is 2.90. The molecule has 2 bridgehead atoms. The molecule has 16 heavy (non-hydrogen) atoms. The Morgan fingerprint density at radius 1 is 1.06 bits per heavy atom. The van der Waals surface area contributed by atoms with E-state index in [-0.39, 0.29) is 11.3 Å². The number of carboxylic acids is 2. The summed E-state index contributed by atoms with van der Waals surface area (Å²) in [5, 5.41) is 18.4. The lowest BCUT2D eigenvalue weighted by molar-refractivity contribution is -0.160. The summed E-state index contributed by atoms with van der Waals surface area (Å²) in [6.45, 7) is 0. The van der Waals surface area contributed by atoms with E-state index in [1.807, 2.05) is 0 Å². The van der Waals surface area contributed by atoms with Crippen molar-refractivity contribution in [3.63, 3.8) is 0 Å². The normalized spacial score (nSPS) is 43.2. The van der Waals surface area contributed by atoms with Crippen molar-refractivity contribution in [3.05, 3.63) is 0 Å². The van der Waals surface area contributed by atoms with E-state index in [4.69, 9.17) is 5.11 Å². The topological polar surface area (TPSA) is 74.6 Å². The van der Waals surface area contributed by atoms with Crippen molar-refractivity contribution >= 4 is 11.9 Å². The van der Waals surface area contributed by atoms with Gasteiger partial charge >= 0.3 is 11.9 Å². The second-order valence-electron chi connectivity index (χ2n) is 5.66. The van der Waals surface area contributed by atoms with E-state index in [9.17, 15) is 14.7 Å². The van der Waals surface area contributed by atoms with E-state index in [0.29, 0.717) is 12.3 Å². The molecule has 0 saturated heterocycles. The number of carbonyl (C=O) groups is 2. The second kappa shape index (κ2) is 2.99. The fourth-order valence-corrected chi connectivity index (χ4v) is 4.40. The lowest BCUT2D eigenvalue weighted by atomic mass is 9.64. The van der Waals surface area contributed by atoms with Gasteiger partial charge in [0, 0.05) is 0 Å². The lowest BCUT2D eigenvalue weighted by Gasteiger charge is -2.38. The smallest absolute Gasteiger partial charge is 0.307 e. The largest absolute Gasteiger partial charge is 0.481 e. The molecule has 3 saturated carbocycles. The standard InChI is InChI=1S/C12H16O4/c13-10(14)7-5-6-1-2-8(9(7)11(15)16)12(6)3-4-12/h6-9H,1-5H2,(H,13,14)(H,15,16)/t6-,7-,8+,9+/m1/s1. The molecule has 88 valence electrons. The van der Waals surface area contributed by atoms with Crippen LogP contribution in [0.25, 0.3) is 0 Å². The first-order valence-corrected chi connectivity index (χ1v) is 6.02. The summed E-state index contributed by atoms with van der Waals surface area (Å²) in [4.78, 5) is 22.5. The predicted molar refractivity (Wildman–Crippen MR) is 54.7 cm³/mol. The van der Waals surface area contributed by atoms with Gasteiger partial charge in [-0.05, 0) is 49.4 Å². The highest BCUT2D eigenvalue weighted by Gasteiger charge is 2.66. The third-order valence-corrected chi connectivity index (χ3v) is 5.21. The number of hydrogen-bond donors (Lipinski definition) is 2. The zero-order valence-electron chi connectivity index (χ0n) is 9.06. The van der Waals surface area contributed by atoms with Crippen LogP contribution in [-0.2, 0) is 9.59 Å². The van der Waals surface area contributed by atoms with Gasteiger partial charge in [-0.2, -0.15) is 0 Å². The third-order valence-electron chi connectivity index (χ3n) is 5.21. The van der Waals surface area contributed by atoms with Crippen LogP contribution in [0.4, 0.5) is 0 Å². The Labute approximate surface area is 93.6 Å². The van der Waals surface area contributed by atoms with Crippen LogP contribution in [0.15, 0.2) is 0 Å². The predicted octanol–water partition coefficient (Wildman–Crippen LogP) is 1.60. The van der Waals surface area contributed by atoms with Gasteiger partial charge in [0.1, 0.15) is 0 Å². The van der Waals surface area contributed by atoms with Crippen molar-refractivity contribution in [1.82, 2.24) is 0 Å². The number of carboxylic acid groups (broad SMARTS) is 2. The molecule has 3 aliphatic carbocycles. The van der Waals surface area contributed by atoms with Gasteiger partial charge in [-0.25, -0.2) is 0 Å². The zero-order chi connectivity index (χ0) is 11.5. The van der Waals surface area contributed by atoms with Crippen molar-refractivity contribution in [1.29, 1.82) is 0 Å². The molecule has 0 heterocycles. The first-order valence-electron chi connectivity index (χ1n) is 6.02. The fourth-order valence-electron chi connectivity index (χ4n) is 4.40. The van der Waals surface area contributed by atoms with Gasteiger partial charge in [-0.3, -0.25) is 9.59 Å². The Morgan fingerprint density at radius 3 is 2.25 bits per heavy atom. The van der Waals surface area contributed by atoms with Crippen LogP contribution in [0.3, 0.4) is 0 Å². The quantitative estimate of drug-likeness (QED) is 0.747. The van der Waals surface area contributed by atoms with Crippen LogP contribution in [0.1, 0.15) is 32.1 Å². The highest BCUT2D eigenvalue weighted by atomic mass is 16.4. The summed E-state index contributed by atoms with van der Waals surface area (Å²) in [7, 11) is 0. The van der Waals surface area contributed by atoms with Crippen molar-refractivity contribution in [2.24, 2.45) is 29.1 Å². The average molecular weight is 224 g/mol. The van der Waals surface area contributed by atoms with Crippen LogP contribution >= 0.6 is 0 Å². The monoisotopic (exact) mass is 224 g/mol. The van der Waals surface area contributed by atoms with Crippen LogP contribution < -0.4 is 0 Å². The Kier molecular flexibility index (Phi) is 1.89. The Bertz CT molecular complexity index is 358. The number of rotatable bonds is 2. The van der Waals surface area contributed by atoms with Crippen molar-refractivity contribution in [2.45, 2.75) is 32.1 Å². The minimum atomic E-state index is -0.917. The summed E-state index contributed by atoms with van der Waals surface area (Å²) in [6, 6.07) is 0. The molecule has 3 rings (SSSR count). The maximum absolute atomic E-state index is 11.3. The Morgan fingerprint density at radius 2 is 1.75 bits per heavy atom. The number of hydrogen-bond acceptors (Lipinski definition) is 2. The molecular formula is C12H16O4. The minimum Gasteiger partial charge on any atom is -0.481 e. The molecule has 3 aliphatic rings. The maximum atomic E-state index is 11.3. The van der Waals surface area contributed by atoms with E-state index in [0.717, 1.165) is 25.7 Å². The summed E-state index contributed by atoms with van der Waals surface area (Å²) < 4.78 is 0. The van der Waals surface area contributed by atoms with E-state index in [1.54, 1.807) is 0 Å². The van der Waals surface area contributed by atoms with Gasteiger partial charge < -0.3 is 10.2 Å². The molecule has 4 atom stereocenters. The molecule has 1 spiro atoms. The molecule has 2 N–H and O–H groups in total. The van der Waals surface area contributed by atoms with Crippen LogP contribution in [0.2, 0.25) is 0 Å². The summed E-state index contributed by atoms with van der Waals surface area (Å²) in [5.74, 6) is -2.50. The van der Waals surface area contributed by atoms with Gasteiger partial charge in [0.15, 0.2) is 0 Å². The van der Waals surface area contributed by atoms with Crippen LogP contribution in [0, 0.1) is 29.1 Å². The Balaban J connectivity index is 1.96. The summed E-state index contributed by atoms with van der Waals surface area (Å²) >= 11 is 0. The van der Waals surface area contributed by atoms with Gasteiger partial charge in [-0.1, -0.05) is 0 Å². The molecule has 0 aromatic heterocycles.